The predicted molar refractivity (Wildman–Crippen MR) is 99.2 cm³/mol. The molecule has 0 aliphatic heterocycles. The van der Waals surface area contributed by atoms with Gasteiger partial charge >= 0.3 is 6.03 Å². The number of hydrogen-bond acceptors (Lipinski definition) is 3. The molecule has 2 rings (SSSR count). The largest absolute Gasteiger partial charge is 0.353 e. The first-order chi connectivity index (χ1) is 12.2. The first kappa shape index (κ1) is 19.2. The minimum Gasteiger partial charge on any atom is -0.353 e. The van der Waals surface area contributed by atoms with Gasteiger partial charge in [-0.05, 0) is 31.4 Å². The summed E-state index contributed by atoms with van der Waals surface area (Å²) in [6.07, 6.45) is 4.38. The van der Waals surface area contributed by atoms with Gasteiger partial charge in [0, 0.05) is 19.6 Å². The van der Waals surface area contributed by atoms with E-state index in [-0.39, 0.29) is 11.9 Å². The second kappa shape index (κ2) is 10.0. The monoisotopic (exact) mass is 346 g/mol. The van der Waals surface area contributed by atoms with Crippen LogP contribution in [0.15, 0.2) is 30.3 Å². The van der Waals surface area contributed by atoms with Crippen molar-refractivity contribution in [1.29, 1.82) is 0 Å². The van der Waals surface area contributed by atoms with Crippen molar-refractivity contribution in [3.05, 3.63) is 35.9 Å². The maximum absolute atomic E-state index is 12.6. The molecule has 0 bridgehead atoms. The molecule has 0 atom stereocenters. The molecular formula is C19H30N4O2. The second-order valence-corrected chi connectivity index (χ2v) is 6.59. The van der Waals surface area contributed by atoms with Crippen LogP contribution in [0.25, 0.3) is 0 Å². The Hall–Kier alpha value is -2.08. The Labute approximate surface area is 150 Å². The van der Waals surface area contributed by atoms with E-state index in [0.29, 0.717) is 25.9 Å². The molecule has 25 heavy (non-hydrogen) atoms. The van der Waals surface area contributed by atoms with Crippen LogP contribution in [-0.2, 0) is 11.3 Å². The molecule has 1 aromatic rings. The molecule has 1 aliphatic rings. The van der Waals surface area contributed by atoms with Gasteiger partial charge in [-0.25, -0.2) is 4.79 Å². The van der Waals surface area contributed by atoms with E-state index in [4.69, 9.17) is 0 Å². The maximum Gasteiger partial charge on any atom is 0.315 e. The molecule has 4 N–H and O–H groups in total. The third-order valence-electron chi connectivity index (χ3n) is 4.55. The normalized spacial score (nSPS) is 15.6. The first-order valence-electron chi connectivity index (χ1n) is 9.25. The van der Waals surface area contributed by atoms with E-state index >= 15 is 0 Å². The van der Waals surface area contributed by atoms with Gasteiger partial charge in [0.1, 0.15) is 5.54 Å². The van der Waals surface area contributed by atoms with Crippen LogP contribution in [0.2, 0.25) is 0 Å². The smallest absolute Gasteiger partial charge is 0.315 e. The molecule has 0 unspecified atom stereocenters. The molecule has 0 heterocycles. The van der Waals surface area contributed by atoms with E-state index in [2.05, 4.69) is 28.2 Å². The van der Waals surface area contributed by atoms with Crippen molar-refractivity contribution in [1.82, 2.24) is 21.3 Å². The van der Waals surface area contributed by atoms with Crippen LogP contribution >= 0.6 is 0 Å². The van der Waals surface area contributed by atoms with Crippen molar-refractivity contribution < 1.29 is 9.59 Å². The van der Waals surface area contributed by atoms with Gasteiger partial charge in [0.2, 0.25) is 5.91 Å². The lowest BCUT2D eigenvalue weighted by molar-refractivity contribution is -0.127. The lowest BCUT2D eigenvalue weighted by Gasteiger charge is -2.29. The Morgan fingerprint density at radius 1 is 1.00 bits per heavy atom. The number of nitrogens with one attached hydrogen (secondary N) is 4. The highest BCUT2D eigenvalue weighted by molar-refractivity contribution is 5.91. The summed E-state index contributed by atoms with van der Waals surface area (Å²) in [7, 11) is 0. The van der Waals surface area contributed by atoms with Crippen molar-refractivity contribution in [2.24, 2.45) is 0 Å². The SMILES string of the molecule is CCCNCCNC(=O)C1(NC(=O)NCc2ccccc2)CCCC1. The minimum absolute atomic E-state index is 0.0711. The Morgan fingerprint density at radius 2 is 1.72 bits per heavy atom. The van der Waals surface area contributed by atoms with Crippen molar-refractivity contribution in [2.75, 3.05) is 19.6 Å². The van der Waals surface area contributed by atoms with Crippen LogP contribution in [0.5, 0.6) is 0 Å². The zero-order chi connectivity index (χ0) is 18.0. The number of carbonyl (C=O) groups is 2. The zero-order valence-electron chi connectivity index (χ0n) is 15.1. The van der Waals surface area contributed by atoms with Gasteiger partial charge < -0.3 is 21.3 Å². The van der Waals surface area contributed by atoms with Crippen molar-refractivity contribution >= 4 is 11.9 Å². The van der Waals surface area contributed by atoms with Gasteiger partial charge in [-0.3, -0.25) is 4.79 Å². The fourth-order valence-electron chi connectivity index (χ4n) is 3.16. The summed E-state index contributed by atoms with van der Waals surface area (Å²) in [4.78, 5) is 24.9. The molecule has 3 amide bonds. The summed E-state index contributed by atoms with van der Waals surface area (Å²) in [5.74, 6) is -0.0711. The Kier molecular flexibility index (Phi) is 7.73. The lowest BCUT2D eigenvalue weighted by Crippen LogP contribution is -2.59. The predicted octanol–water partition coefficient (Wildman–Crippen LogP) is 1.91. The highest BCUT2D eigenvalue weighted by atomic mass is 16.2. The Bertz CT molecular complexity index is 542. The van der Waals surface area contributed by atoms with Crippen molar-refractivity contribution in [3.8, 4) is 0 Å². The molecule has 6 nitrogen and oxygen atoms in total. The van der Waals surface area contributed by atoms with E-state index in [1.54, 1.807) is 0 Å². The van der Waals surface area contributed by atoms with Crippen molar-refractivity contribution in [2.45, 2.75) is 51.1 Å². The van der Waals surface area contributed by atoms with Gasteiger partial charge in [-0.2, -0.15) is 0 Å². The summed E-state index contributed by atoms with van der Waals surface area (Å²) in [5, 5.41) is 12.0. The van der Waals surface area contributed by atoms with Crippen LogP contribution in [-0.4, -0.2) is 37.1 Å². The molecule has 0 aromatic heterocycles. The maximum atomic E-state index is 12.6. The molecule has 1 aliphatic carbocycles. The van der Waals surface area contributed by atoms with Crippen LogP contribution in [0.4, 0.5) is 4.79 Å². The topological polar surface area (TPSA) is 82.3 Å². The number of amides is 3. The van der Waals surface area contributed by atoms with Crippen LogP contribution in [0, 0.1) is 0 Å². The summed E-state index contributed by atoms with van der Waals surface area (Å²) >= 11 is 0. The number of urea groups is 1. The number of carbonyl (C=O) groups excluding carboxylic acids is 2. The summed E-state index contributed by atoms with van der Waals surface area (Å²) < 4.78 is 0. The first-order valence-corrected chi connectivity index (χ1v) is 9.25. The van der Waals surface area contributed by atoms with Gasteiger partial charge in [-0.1, -0.05) is 50.1 Å². The van der Waals surface area contributed by atoms with E-state index in [1.807, 2.05) is 30.3 Å². The molecule has 1 aromatic carbocycles. The molecule has 6 heteroatoms. The van der Waals surface area contributed by atoms with Gasteiger partial charge in [0.25, 0.3) is 0 Å². The molecular weight excluding hydrogens is 316 g/mol. The average Bonchev–Trinajstić information content (AvgIpc) is 3.10. The highest BCUT2D eigenvalue weighted by Crippen LogP contribution is 2.29. The van der Waals surface area contributed by atoms with E-state index in [1.165, 1.54) is 0 Å². The fraction of sp³-hybridized carbons (Fsp3) is 0.579. The minimum atomic E-state index is -0.772. The molecule has 1 fully saturated rings. The van der Waals surface area contributed by atoms with Crippen LogP contribution in [0.3, 0.4) is 0 Å². The third-order valence-corrected chi connectivity index (χ3v) is 4.55. The molecule has 0 saturated heterocycles. The molecule has 138 valence electrons. The zero-order valence-corrected chi connectivity index (χ0v) is 15.1. The number of hydrogen-bond donors (Lipinski definition) is 4. The second-order valence-electron chi connectivity index (χ2n) is 6.59. The number of rotatable bonds is 9. The molecule has 0 spiro atoms. The van der Waals surface area contributed by atoms with Gasteiger partial charge in [0.05, 0.1) is 0 Å². The van der Waals surface area contributed by atoms with Crippen LogP contribution < -0.4 is 21.3 Å². The van der Waals surface area contributed by atoms with Gasteiger partial charge in [0.15, 0.2) is 0 Å². The summed E-state index contributed by atoms with van der Waals surface area (Å²) in [6, 6.07) is 9.45. The quantitative estimate of drug-likeness (QED) is 0.516. The highest BCUT2D eigenvalue weighted by Gasteiger charge is 2.42. The van der Waals surface area contributed by atoms with Gasteiger partial charge in [-0.15, -0.1) is 0 Å². The Morgan fingerprint density at radius 3 is 2.40 bits per heavy atom. The molecule has 1 saturated carbocycles. The standard InChI is InChI=1S/C19H30N4O2/c1-2-12-20-13-14-21-17(24)19(10-6-7-11-19)23-18(25)22-15-16-8-4-3-5-9-16/h3-5,8-9,20H,2,6-7,10-15H2,1H3,(H,21,24)(H2,22,23,25). The summed E-state index contributed by atoms with van der Waals surface area (Å²) in [6.45, 7) is 4.83. The third kappa shape index (κ3) is 6.05. The van der Waals surface area contributed by atoms with E-state index in [9.17, 15) is 9.59 Å². The van der Waals surface area contributed by atoms with Crippen LogP contribution in [0.1, 0.15) is 44.6 Å². The van der Waals surface area contributed by atoms with E-state index < -0.39 is 5.54 Å². The number of benzene rings is 1. The summed E-state index contributed by atoms with van der Waals surface area (Å²) in [5.41, 5.74) is 0.260. The Balaban J connectivity index is 1.81. The fourth-order valence-corrected chi connectivity index (χ4v) is 3.16. The lowest BCUT2D eigenvalue weighted by atomic mass is 9.96. The van der Waals surface area contributed by atoms with Crippen molar-refractivity contribution in [3.63, 3.8) is 0 Å². The molecule has 0 radical (unpaired) electrons. The van der Waals surface area contributed by atoms with E-state index in [0.717, 1.165) is 37.9 Å². The average molecular weight is 346 g/mol.